The highest BCUT2D eigenvalue weighted by molar-refractivity contribution is 5.92. The van der Waals surface area contributed by atoms with E-state index in [2.05, 4.69) is 10.6 Å². The predicted octanol–water partition coefficient (Wildman–Crippen LogP) is 3.48. The molecule has 110 valence electrons. The Balaban J connectivity index is 1.94. The van der Waals surface area contributed by atoms with Crippen molar-refractivity contribution in [1.82, 2.24) is 0 Å². The number of para-hydroxylation sites is 1. The summed E-state index contributed by atoms with van der Waals surface area (Å²) < 4.78 is 0. The Morgan fingerprint density at radius 2 is 1.67 bits per heavy atom. The van der Waals surface area contributed by atoms with Crippen LogP contribution in [0.1, 0.15) is 19.4 Å². The van der Waals surface area contributed by atoms with Crippen LogP contribution in [-0.2, 0) is 11.3 Å². The number of benzene rings is 2. The van der Waals surface area contributed by atoms with Gasteiger partial charge >= 0.3 is 0 Å². The first-order valence-electron chi connectivity index (χ1n) is 7.04. The van der Waals surface area contributed by atoms with E-state index in [-0.39, 0.29) is 11.8 Å². The Hall–Kier alpha value is -2.49. The largest absolute Gasteiger partial charge is 0.398 e. The maximum Gasteiger partial charge on any atom is 0.226 e. The zero-order valence-electron chi connectivity index (χ0n) is 12.4. The smallest absolute Gasteiger partial charge is 0.226 e. The van der Waals surface area contributed by atoms with Crippen LogP contribution in [0.15, 0.2) is 48.5 Å². The molecule has 0 aliphatic carbocycles. The number of hydrogen-bond acceptors (Lipinski definition) is 3. The van der Waals surface area contributed by atoms with Crippen molar-refractivity contribution in [2.45, 2.75) is 20.4 Å². The van der Waals surface area contributed by atoms with Crippen LogP contribution in [0, 0.1) is 5.92 Å². The van der Waals surface area contributed by atoms with Gasteiger partial charge in [-0.2, -0.15) is 0 Å². The van der Waals surface area contributed by atoms with Crippen molar-refractivity contribution in [3.63, 3.8) is 0 Å². The van der Waals surface area contributed by atoms with Crippen molar-refractivity contribution < 1.29 is 4.79 Å². The highest BCUT2D eigenvalue weighted by atomic mass is 16.1. The standard InChI is InChI=1S/C17H21N3O/c1-12(2)17(21)20-15-9-7-14(8-10-15)19-11-13-5-3-4-6-16(13)18/h3-10,12,19H,11,18H2,1-2H3,(H,20,21). The summed E-state index contributed by atoms with van der Waals surface area (Å²) in [6, 6.07) is 15.4. The van der Waals surface area contributed by atoms with Crippen LogP contribution in [0.4, 0.5) is 17.1 Å². The molecule has 21 heavy (non-hydrogen) atoms. The normalized spacial score (nSPS) is 10.4. The third kappa shape index (κ3) is 4.24. The van der Waals surface area contributed by atoms with Gasteiger partial charge in [0.1, 0.15) is 0 Å². The number of carbonyl (C=O) groups is 1. The van der Waals surface area contributed by atoms with Gasteiger partial charge < -0.3 is 16.4 Å². The van der Waals surface area contributed by atoms with Crippen LogP contribution in [0.5, 0.6) is 0 Å². The molecule has 2 aromatic carbocycles. The highest BCUT2D eigenvalue weighted by Crippen LogP contribution is 2.17. The minimum absolute atomic E-state index is 0.0211. The van der Waals surface area contributed by atoms with E-state index in [9.17, 15) is 4.79 Å². The molecule has 0 saturated heterocycles. The third-order valence-electron chi connectivity index (χ3n) is 3.21. The Bertz CT molecular complexity index is 606. The van der Waals surface area contributed by atoms with Crippen LogP contribution >= 0.6 is 0 Å². The fourth-order valence-corrected chi connectivity index (χ4v) is 1.85. The molecule has 0 aliphatic heterocycles. The Labute approximate surface area is 125 Å². The zero-order chi connectivity index (χ0) is 15.2. The van der Waals surface area contributed by atoms with Gasteiger partial charge in [0.05, 0.1) is 0 Å². The van der Waals surface area contributed by atoms with Crippen LogP contribution in [0.25, 0.3) is 0 Å². The number of amides is 1. The van der Waals surface area contributed by atoms with E-state index in [1.807, 2.05) is 62.4 Å². The van der Waals surface area contributed by atoms with Gasteiger partial charge in [-0.25, -0.2) is 0 Å². The molecule has 0 bridgehead atoms. The predicted molar refractivity (Wildman–Crippen MR) is 88.1 cm³/mol. The van der Waals surface area contributed by atoms with Crippen molar-refractivity contribution >= 4 is 23.0 Å². The average molecular weight is 283 g/mol. The molecule has 0 saturated carbocycles. The van der Waals surface area contributed by atoms with Crippen molar-refractivity contribution in [3.05, 3.63) is 54.1 Å². The van der Waals surface area contributed by atoms with E-state index in [4.69, 9.17) is 5.73 Å². The highest BCUT2D eigenvalue weighted by Gasteiger charge is 2.06. The molecule has 4 N–H and O–H groups in total. The van der Waals surface area contributed by atoms with Gasteiger partial charge in [-0.1, -0.05) is 32.0 Å². The molecule has 0 heterocycles. The summed E-state index contributed by atoms with van der Waals surface area (Å²) in [6.07, 6.45) is 0. The molecular weight excluding hydrogens is 262 g/mol. The van der Waals surface area contributed by atoms with Crippen molar-refractivity contribution in [3.8, 4) is 0 Å². The van der Waals surface area contributed by atoms with Crippen LogP contribution < -0.4 is 16.4 Å². The summed E-state index contributed by atoms with van der Waals surface area (Å²) in [6.45, 7) is 4.41. The van der Waals surface area contributed by atoms with E-state index >= 15 is 0 Å². The minimum Gasteiger partial charge on any atom is -0.398 e. The van der Waals surface area contributed by atoms with Crippen LogP contribution in [-0.4, -0.2) is 5.91 Å². The Morgan fingerprint density at radius 1 is 1.05 bits per heavy atom. The van der Waals surface area contributed by atoms with E-state index in [1.54, 1.807) is 0 Å². The lowest BCUT2D eigenvalue weighted by molar-refractivity contribution is -0.118. The Morgan fingerprint density at radius 3 is 2.29 bits per heavy atom. The fraction of sp³-hybridized carbons (Fsp3) is 0.235. The molecule has 0 spiro atoms. The number of nitrogen functional groups attached to an aromatic ring is 1. The molecule has 0 unspecified atom stereocenters. The number of carbonyl (C=O) groups excluding carboxylic acids is 1. The molecule has 0 aromatic heterocycles. The van der Waals surface area contributed by atoms with Gasteiger partial charge in [-0.05, 0) is 35.9 Å². The van der Waals surface area contributed by atoms with Gasteiger partial charge in [0.15, 0.2) is 0 Å². The molecule has 4 nitrogen and oxygen atoms in total. The second kappa shape index (κ2) is 6.79. The van der Waals surface area contributed by atoms with Crippen molar-refractivity contribution in [2.75, 3.05) is 16.4 Å². The van der Waals surface area contributed by atoms with Crippen molar-refractivity contribution in [2.24, 2.45) is 5.92 Å². The maximum atomic E-state index is 11.6. The van der Waals surface area contributed by atoms with E-state index < -0.39 is 0 Å². The molecule has 4 heteroatoms. The molecule has 0 radical (unpaired) electrons. The number of anilines is 3. The lowest BCUT2D eigenvalue weighted by Crippen LogP contribution is -2.17. The summed E-state index contributed by atoms with van der Waals surface area (Å²) in [4.78, 5) is 11.6. The fourth-order valence-electron chi connectivity index (χ4n) is 1.85. The van der Waals surface area contributed by atoms with Gasteiger partial charge in [0, 0.05) is 29.5 Å². The summed E-state index contributed by atoms with van der Waals surface area (Å²) in [5, 5.41) is 6.18. The number of nitrogens with one attached hydrogen (secondary N) is 2. The average Bonchev–Trinajstić information content (AvgIpc) is 2.48. The summed E-state index contributed by atoms with van der Waals surface area (Å²) in [7, 11) is 0. The molecule has 0 atom stereocenters. The van der Waals surface area contributed by atoms with Gasteiger partial charge in [0.25, 0.3) is 0 Å². The van der Waals surface area contributed by atoms with Crippen LogP contribution in [0.2, 0.25) is 0 Å². The number of nitrogens with two attached hydrogens (primary N) is 1. The number of rotatable bonds is 5. The summed E-state index contributed by atoms with van der Waals surface area (Å²) in [5.74, 6) is -0.00312. The first kappa shape index (κ1) is 14.9. The second-order valence-electron chi connectivity index (χ2n) is 5.27. The zero-order valence-corrected chi connectivity index (χ0v) is 12.4. The molecule has 1 amide bonds. The topological polar surface area (TPSA) is 67.2 Å². The third-order valence-corrected chi connectivity index (χ3v) is 3.21. The SMILES string of the molecule is CC(C)C(=O)Nc1ccc(NCc2ccccc2N)cc1. The van der Waals surface area contributed by atoms with Crippen LogP contribution in [0.3, 0.4) is 0 Å². The molecule has 0 aliphatic rings. The summed E-state index contributed by atoms with van der Waals surface area (Å²) >= 11 is 0. The first-order valence-corrected chi connectivity index (χ1v) is 7.04. The minimum atomic E-state index is -0.0242. The van der Waals surface area contributed by atoms with Gasteiger partial charge in [-0.15, -0.1) is 0 Å². The number of hydrogen-bond donors (Lipinski definition) is 3. The quantitative estimate of drug-likeness (QED) is 0.736. The van der Waals surface area contributed by atoms with E-state index in [0.717, 1.165) is 22.6 Å². The second-order valence-corrected chi connectivity index (χ2v) is 5.27. The van der Waals surface area contributed by atoms with Crippen molar-refractivity contribution in [1.29, 1.82) is 0 Å². The van der Waals surface area contributed by atoms with E-state index in [1.165, 1.54) is 0 Å². The first-order chi connectivity index (χ1) is 10.1. The lowest BCUT2D eigenvalue weighted by atomic mass is 10.1. The van der Waals surface area contributed by atoms with Gasteiger partial charge in [-0.3, -0.25) is 4.79 Å². The van der Waals surface area contributed by atoms with Gasteiger partial charge in [0.2, 0.25) is 5.91 Å². The molecule has 2 aromatic rings. The summed E-state index contributed by atoms with van der Waals surface area (Å²) in [5.41, 5.74) is 9.54. The molecule has 2 rings (SSSR count). The lowest BCUT2D eigenvalue weighted by Gasteiger charge is -2.11. The molecular formula is C17H21N3O. The Kier molecular flexibility index (Phi) is 4.82. The maximum absolute atomic E-state index is 11.6. The van der Waals surface area contributed by atoms with E-state index in [0.29, 0.717) is 6.54 Å². The molecule has 0 fully saturated rings. The monoisotopic (exact) mass is 283 g/mol.